The molecule has 0 aromatic heterocycles. The summed E-state index contributed by atoms with van der Waals surface area (Å²) in [4.78, 5) is 10.5. The number of unbranched alkanes of at least 4 members (excludes halogenated alkanes) is 1. The number of aliphatic hydroxyl groups is 1. The molecule has 1 saturated carbocycles. The molecule has 7 heteroatoms. The lowest BCUT2D eigenvalue weighted by molar-refractivity contribution is -0.137. The van der Waals surface area contributed by atoms with Gasteiger partial charge in [-0.05, 0) is 49.8 Å². The number of allylic oxidation sites excluding steroid dienone is 2. The topological polar surface area (TPSA) is 69.6 Å². The molecule has 0 saturated heterocycles. The molecule has 0 bridgehead atoms. The Morgan fingerprint density at radius 3 is 2.54 bits per heavy atom. The van der Waals surface area contributed by atoms with Gasteiger partial charge in [-0.15, -0.1) is 11.6 Å². The Labute approximate surface area is 169 Å². The van der Waals surface area contributed by atoms with Crippen LogP contribution < -0.4 is 5.32 Å². The lowest BCUT2D eigenvalue weighted by Crippen LogP contribution is -2.28. The summed E-state index contributed by atoms with van der Waals surface area (Å²) in [5.74, 6) is -0.589. The maximum absolute atomic E-state index is 10.5. The Hall–Kier alpha value is -0.940. The molecule has 3 N–H and O–H groups in total. The van der Waals surface area contributed by atoms with Crippen molar-refractivity contribution in [1.29, 1.82) is 0 Å². The van der Waals surface area contributed by atoms with E-state index in [0.717, 1.165) is 18.5 Å². The number of carboxylic acid groups (broad SMARTS) is 1. The van der Waals surface area contributed by atoms with Gasteiger partial charge >= 0.3 is 5.97 Å². The Bertz CT molecular complexity index is 618. The van der Waals surface area contributed by atoms with E-state index in [0.29, 0.717) is 29.4 Å². The number of anilines is 1. The van der Waals surface area contributed by atoms with Gasteiger partial charge in [0.15, 0.2) is 0 Å². The molecule has 0 unspecified atom stereocenters. The third-order valence-electron chi connectivity index (χ3n) is 4.72. The third kappa shape index (κ3) is 6.66. The minimum atomic E-state index is -0.773. The van der Waals surface area contributed by atoms with Crippen LogP contribution in [-0.2, 0) is 4.79 Å². The molecule has 1 fully saturated rings. The smallest absolute Gasteiger partial charge is 0.303 e. The zero-order chi connectivity index (χ0) is 19.1. The molecular weight excluding hydrogens is 397 g/mol. The molecule has 0 heterocycles. The normalized spacial score (nSPS) is 25.7. The van der Waals surface area contributed by atoms with Crippen molar-refractivity contribution in [2.45, 2.75) is 43.6 Å². The van der Waals surface area contributed by atoms with Crippen LogP contribution in [0.2, 0.25) is 10.0 Å². The SMILES string of the molecule is O=C(O)CCC/C=C\C[C@@H]1[C@@H](CNc2cc(Cl)cc(Cl)c2)[C@H](O)C[C@@H]1Cl. The number of hydrogen-bond donors (Lipinski definition) is 3. The second-order valence-electron chi connectivity index (χ2n) is 6.68. The van der Waals surface area contributed by atoms with E-state index in [1.54, 1.807) is 18.2 Å². The summed E-state index contributed by atoms with van der Waals surface area (Å²) in [7, 11) is 0. The van der Waals surface area contributed by atoms with E-state index in [1.165, 1.54) is 0 Å². The molecule has 26 heavy (non-hydrogen) atoms. The Morgan fingerprint density at radius 1 is 1.19 bits per heavy atom. The number of halogens is 3. The molecule has 1 aliphatic carbocycles. The van der Waals surface area contributed by atoms with Gasteiger partial charge in [0, 0.05) is 40.0 Å². The van der Waals surface area contributed by atoms with Crippen molar-refractivity contribution in [1.82, 2.24) is 0 Å². The minimum Gasteiger partial charge on any atom is -0.481 e. The molecule has 0 aliphatic heterocycles. The van der Waals surface area contributed by atoms with E-state index < -0.39 is 12.1 Å². The second-order valence-corrected chi connectivity index (χ2v) is 8.11. The summed E-state index contributed by atoms with van der Waals surface area (Å²) in [6.45, 7) is 0.582. The highest BCUT2D eigenvalue weighted by Gasteiger charge is 2.40. The van der Waals surface area contributed by atoms with Gasteiger partial charge in [-0.3, -0.25) is 4.79 Å². The molecule has 1 aromatic carbocycles. The van der Waals surface area contributed by atoms with Gasteiger partial charge in [0.1, 0.15) is 0 Å². The van der Waals surface area contributed by atoms with Crippen LogP contribution in [0.1, 0.15) is 32.1 Å². The largest absolute Gasteiger partial charge is 0.481 e. The molecular formula is C19H24Cl3NO3. The van der Waals surface area contributed by atoms with Crippen molar-refractivity contribution >= 4 is 46.5 Å². The molecule has 0 amide bonds. The third-order valence-corrected chi connectivity index (χ3v) is 5.65. The molecule has 2 rings (SSSR count). The quantitative estimate of drug-likeness (QED) is 0.291. The van der Waals surface area contributed by atoms with Crippen LogP contribution in [0.25, 0.3) is 0 Å². The summed E-state index contributed by atoms with van der Waals surface area (Å²) >= 11 is 18.5. The molecule has 1 aliphatic rings. The van der Waals surface area contributed by atoms with Crippen molar-refractivity contribution in [3.8, 4) is 0 Å². The zero-order valence-electron chi connectivity index (χ0n) is 14.4. The Morgan fingerprint density at radius 2 is 1.88 bits per heavy atom. The summed E-state index contributed by atoms with van der Waals surface area (Å²) < 4.78 is 0. The van der Waals surface area contributed by atoms with Gasteiger partial charge in [0.25, 0.3) is 0 Å². The maximum atomic E-state index is 10.5. The van der Waals surface area contributed by atoms with E-state index in [2.05, 4.69) is 5.32 Å². The number of aliphatic carboxylic acids is 1. The van der Waals surface area contributed by atoms with Crippen LogP contribution in [-0.4, -0.2) is 34.2 Å². The van der Waals surface area contributed by atoms with Crippen LogP contribution in [0.4, 0.5) is 5.69 Å². The Kier molecular flexibility index (Phi) is 8.55. The number of nitrogens with one attached hydrogen (secondary N) is 1. The number of carboxylic acids is 1. The van der Waals surface area contributed by atoms with Crippen LogP contribution >= 0.6 is 34.8 Å². The van der Waals surface area contributed by atoms with E-state index >= 15 is 0 Å². The predicted octanol–water partition coefficient (Wildman–Crippen LogP) is 5.21. The fraction of sp³-hybridized carbons (Fsp3) is 0.526. The van der Waals surface area contributed by atoms with Gasteiger partial charge in [0.05, 0.1) is 6.10 Å². The number of aliphatic hydroxyl groups excluding tert-OH is 1. The van der Waals surface area contributed by atoms with Gasteiger partial charge < -0.3 is 15.5 Å². The van der Waals surface area contributed by atoms with Gasteiger partial charge in [-0.1, -0.05) is 35.4 Å². The summed E-state index contributed by atoms with van der Waals surface area (Å²) in [5, 5.41) is 23.3. The van der Waals surface area contributed by atoms with E-state index in [-0.39, 0.29) is 23.6 Å². The summed E-state index contributed by atoms with van der Waals surface area (Å²) in [6, 6.07) is 5.26. The highest BCUT2D eigenvalue weighted by molar-refractivity contribution is 6.35. The zero-order valence-corrected chi connectivity index (χ0v) is 16.6. The average molecular weight is 421 g/mol. The number of hydrogen-bond acceptors (Lipinski definition) is 3. The lowest BCUT2D eigenvalue weighted by Gasteiger charge is -2.23. The minimum absolute atomic E-state index is 0.0268. The van der Waals surface area contributed by atoms with Gasteiger partial charge in [0.2, 0.25) is 0 Å². The van der Waals surface area contributed by atoms with E-state index in [9.17, 15) is 9.90 Å². The molecule has 4 nitrogen and oxygen atoms in total. The first kappa shape index (κ1) is 21.4. The standard InChI is InChI=1S/C19H24Cl3NO3/c20-12-7-13(21)9-14(8-12)23-11-16-15(17(22)10-18(16)24)5-3-1-2-4-6-19(25)26/h1,3,7-9,15-18,23-24H,2,4-6,10-11H2,(H,25,26)/b3-1-/t15-,16-,17+,18-/m1/s1. The van der Waals surface area contributed by atoms with E-state index in [4.69, 9.17) is 39.9 Å². The van der Waals surface area contributed by atoms with Crippen LogP contribution in [0.3, 0.4) is 0 Å². The van der Waals surface area contributed by atoms with Gasteiger partial charge in [-0.25, -0.2) is 0 Å². The fourth-order valence-corrected chi connectivity index (χ4v) is 4.38. The highest BCUT2D eigenvalue weighted by Crippen LogP contribution is 2.39. The number of benzene rings is 1. The Balaban J connectivity index is 1.88. The number of carbonyl (C=O) groups is 1. The lowest BCUT2D eigenvalue weighted by atomic mass is 9.91. The number of alkyl halides is 1. The summed E-state index contributed by atoms with van der Waals surface area (Å²) in [5.41, 5.74) is 0.815. The van der Waals surface area contributed by atoms with Crippen molar-refractivity contribution < 1.29 is 15.0 Å². The fourth-order valence-electron chi connectivity index (χ4n) is 3.38. The van der Waals surface area contributed by atoms with Crippen molar-refractivity contribution in [3.05, 3.63) is 40.4 Å². The van der Waals surface area contributed by atoms with Crippen LogP contribution in [0, 0.1) is 11.8 Å². The molecule has 0 spiro atoms. The highest BCUT2D eigenvalue weighted by atomic mass is 35.5. The summed E-state index contributed by atoms with van der Waals surface area (Å²) in [6.07, 6.45) is 6.47. The molecule has 1 aromatic rings. The molecule has 144 valence electrons. The molecule has 0 radical (unpaired) electrons. The monoisotopic (exact) mass is 419 g/mol. The first-order valence-corrected chi connectivity index (χ1v) is 9.95. The predicted molar refractivity (Wildman–Crippen MR) is 107 cm³/mol. The van der Waals surface area contributed by atoms with Crippen molar-refractivity contribution in [2.75, 3.05) is 11.9 Å². The van der Waals surface area contributed by atoms with E-state index in [1.807, 2.05) is 12.2 Å². The number of rotatable bonds is 9. The van der Waals surface area contributed by atoms with Crippen LogP contribution in [0.15, 0.2) is 30.4 Å². The average Bonchev–Trinajstić information content (AvgIpc) is 2.81. The first-order chi connectivity index (χ1) is 12.4. The molecule has 4 atom stereocenters. The van der Waals surface area contributed by atoms with Gasteiger partial charge in [-0.2, -0.15) is 0 Å². The maximum Gasteiger partial charge on any atom is 0.303 e. The van der Waals surface area contributed by atoms with Crippen LogP contribution in [0.5, 0.6) is 0 Å². The first-order valence-electron chi connectivity index (χ1n) is 8.75. The second kappa shape index (κ2) is 10.4. The van der Waals surface area contributed by atoms with Crippen molar-refractivity contribution in [2.24, 2.45) is 11.8 Å². The van der Waals surface area contributed by atoms with Crippen molar-refractivity contribution in [3.63, 3.8) is 0 Å².